The maximum Gasteiger partial charge on any atom is 0.387 e. The van der Waals surface area contributed by atoms with Crippen LogP contribution in [0, 0.1) is 0 Å². The minimum absolute atomic E-state index is 0.0621. The number of rotatable bonds is 4. The molecule has 0 radical (unpaired) electrons. The molecule has 0 aliphatic carbocycles. The summed E-state index contributed by atoms with van der Waals surface area (Å²) in [5.41, 5.74) is 0.114. The SMILES string of the molecule is CN1CCC(NC(=O)c2cc(Br)ccc2OC(F)F)CC1. The van der Waals surface area contributed by atoms with Crippen molar-refractivity contribution in [3.05, 3.63) is 28.2 Å². The minimum atomic E-state index is -2.96. The Bertz CT molecular complexity index is 506. The largest absolute Gasteiger partial charge is 0.434 e. The van der Waals surface area contributed by atoms with Crippen molar-refractivity contribution < 1.29 is 18.3 Å². The standard InChI is InChI=1S/C14H17BrF2N2O2/c1-19-6-4-10(5-7-19)18-13(20)11-8-9(15)2-3-12(11)21-14(16)17/h2-3,8,10,14H,4-7H2,1H3,(H,18,20). The van der Waals surface area contributed by atoms with E-state index in [0.29, 0.717) is 4.47 Å². The molecule has 0 unspecified atom stereocenters. The molecule has 0 atom stereocenters. The zero-order chi connectivity index (χ0) is 15.4. The topological polar surface area (TPSA) is 41.6 Å². The Morgan fingerprint density at radius 2 is 2.10 bits per heavy atom. The van der Waals surface area contributed by atoms with E-state index in [1.165, 1.54) is 12.1 Å². The van der Waals surface area contributed by atoms with Crippen molar-refractivity contribution in [1.29, 1.82) is 0 Å². The van der Waals surface area contributed by atoms with E-state index in [9.17, 15) is 13.6 Å². The van der Waals surface area contributed by atoms with Crippen LogP contribution in [0.1, 0.15) is 23.2 Å². The van der Waals surface area contributed by atoms with E-state index in [2.05, 4.69) is 30.9 Å². The molecule has 1 fully saturated rings. The Balaban J connectivity index is 2.08. The van der Waals surface area contributed by atoms with E-state index >= 15 is 0 Å². The van der Waals surface area contributed by atoms with Gasteiger partial charge >= 0.3 is 6.61 Å². The summed E-state index contributed by atoms with van der Waals surface area (Å²) in [6, 6.07) is 4.47. The first-order valence-electron chi connectivity index (χ1n) is 6.69. The van der Waals surface area contributed by atoms with E-state index < -0.39 is 6.61 Å². The molecule has 116 valence electrons. The van der Waals surface area contributed by atoms with Gasteiger partial charge in [0.1, 0.15) is 5.75 Å². The molecule has 0 spiro atoms. The quantitative estimate of drug-likeness (QED) is 0.895. The third-order valence-electron chi connectivity index (χ3n) is 3.46. The lowest BCUT2D eigenvalue weighted by molar-refractivity contribution is -0.0501. The normalized spacial score (nSPS) is 17.0. The predicted molar refractivity (Wildman–Crippen MR) is 78.8 cm³/mol. The number of piperidine rings is 1. The van der Waals surface area contributed by atoms with Crippen LogP contribution in [-0.4, -0.2) is 43.6 Å². The number of carbonyl (C=O) groups is 1. The number of alkyl halides is 2. The first-order valence-corrected chi connectivity index (χ1v) is 7.49. The summed E-state index contributed by atoms with van der Waals surface area (Å²) in [4.78, 5) is 14.5. The number of nitrogens with zero attached hydrogens (tertiary/aromatic N) is 1. The number of hydrogen-bond donors (Lipinski definition) is 1. The molecule has 1 aromatic rings. The number of halogens is 3. The molecular formula is C14H17BrF2N2O2. The predicted octanol–water partition coefficient (Wildman–Crippen LogP) is 2.87. The summed E-state index contributed by atoms with van der Waals surface area (Å²) >= 11 is 3.23. The van der Waals surface area contributed by atoms with Crippen molar-refractivity contribution in [3.8, 4) is 5.75 Å². The second kappa shape index (κ2) is 7.17. The lowest BCUT2D eigenvalue weighted by Gasteiger charge is -2.29. The van der Waals surface area contributed by atoms with E-state index in [1.807, 2.05) is 7.05 Å². The van der Waals surface area contributed by atoms with Crippen molar-refractivity contribution in [2.75, 3.05) is 20.1 Å². The number of carbonyl (C=O) groups excluding carboxylic acids is 1. The third kappa shape index (κ3) is 4.64. The lowest BCUT2D eigenvalue weighted by atomic mass is 10.0. The van der Waals surface area contributed by atoms with Gasteiger partial charge in [0.25, 0.3) is 5.91 Å². The minimum Gasteiger partial charge on any atom is -0.434 e. The first-order chi connectivity index (χ1) is 9.95. The van der Waals surface area contributed by atoms with Crippen molar-refractivity contribution in [3.63, 3.8) is 0 Å². The highest BCUT2D eigenvalue weighted by atomic mass is 79.9. The van der Waals surface area contributed by atoms with Crippen molar-refractivity contribution >= 4 is 21.8 Å². The number of nitrogens with one attached hydrogen (secondary N) is 1. The molecule has 0 saturated carbocycles. The number of hydrogen-bond acceptors (Lipinski definition) is 3. The van der Waals surface area contributed by atoms with E-state index in [4.69, 9.17) is 0 Å². The van der Waals surface area contributed by atoms with Crippen LogP contribution >= 0.6 is 15.9 Å². The summed E-state index contributed by atoms with van der Waals surface area (Å²) in [6.07, 6.45) is 1.70. The summed E-state index contributed by atoms with van der Waals surface area (Å²) in [5.74, 6) is -0.500. The molecule has 1 saturated heterocycles. The van der Waals surface area contributed by atoms with E-state index in [1.54, 1.807) is 6.07 Å². The van der Waals surface area contributed by atoms with E-state index in [-0.39, 0.29) is 23.3 Å². The molecule has 1 heterocycles. The molecule has 0 aromatic heterocycles. The van der Waals surface area contributed by atoms with Crippen LogP contribution in [0.25, 0.3) is 0 Å². The van der Waals surface area contributed by atoms with E-state index in [0.717, 1.165) is 25.9 Å². The third-order valence-corrected chi connectivity index (χ3v) is 3.95. The average molecular weight is 363 g/mol. The highest BCUT2D eigenvalue weighted by Gasteiger charge is 2.22. The van der Waals surface area contributed by atoms with Gasteiger partial charge in [0.2, 0.25) is 0 Å². The van der Waals surface area contributed by atoms with Crippen LogP contribution in [0.4, 0.5) is 8.78 Å². The van der Waals surface area contributed by atoms with Crippen LogP contribution in [0.3, 0.4) is 0 Å². The van der Waals surface area contributed by atoms with Crippen molar-refractivity contribution in [2.24, 2.45) is 0 Å². The average Bonchev–Trinajstić information content (AvgIpc) is 2.43. The van der Waals surface area contributed by atoms with Gasteiger partial charge in [-0.3, -0.25) is 4.79 Å². The van der Waals surface area contributed by atoms with Gasteiger partial charge in [-0.05, 0) is 51.2 Å². The second-order valence-electron chi connectivity index (χ2n) is 5.07. The maximum atomic E-state index is 12.4. The van der Waals surface area contributed by atoms with Gasteiger partial charge in [-0.15, -0.1) is 0 Å². The second-order valence-corrected chi connectivity index (χ2v) is 5.99. The monoisotopic (exact) mass is 362 g/mol. The molecule has 1 amide bonds. The fraction of sp³-hybridized carbons (Fsp3) is 0.500. The van der Waals surface area contributed by atoms with Crippen LogP contribution in [0.5, 0.6) is 5.75 Å². The van der Waals surface area contributed by atoms with Gasteiger partial charge in [-0.25, -0.2) is 0 Å². The Kier molecular flexibility index (Phi) is 5.52. The van der Waals surface area contributed by atoms with Crippen LogP contribution in [-0.2, 0) is 0 Å². The highest BCUT2D eigenvalue weighted by Crippen LogP contribution is 2.25. The highest BCUT2D eigenvalue weighted by molar-refractivity contribution is 9.10. The van der Waals surface area contributed by atoms with Gasteiger partial charge in [0.05, 0.1) is 5.56 Å². The molecule has 4 nitrogen and oxygen atoms in total. The van der Waals surface area contributed by atoms with Gasteiger partial charge in [0.15, 0.2) is 0 Å². The Morgan fingerprint density at radius 1 is 1.43 bits per heavy atom. The number of amides is 1. The summed E-state index contributed by atoms with van der Waals surface area (Å²) in [7, 11) is 2.03. The Labute approximate surface area is 130 Å². The molecule has 0 bridgehead atoms. The van der Waals surface area contributed by atoms with Crippen molar-refractivity contribution in [1.82, 2.24) is 10.2 Å². The molecule has 1 N–H and O–H groups in total. The number of likely N-dealkylation sites (tertiary alicyclic amines) is 1. The zero-order valence-corrected chi connectivity index (χ0v) is 13.2. The smallest absolute Gasteiger partial charge is 0.387 e. The first kappa shape index (κ1) is 16.2. The molecule has 1 aliphatic rings. The fourth-order valence-electron chi connectivity index (χ4n) is 2.29. The number of benzene rings is 1. The molecule has 7 heteroatoms. The van der Waals surface area contributed by atoms with Gasteiger partial charge in [0, 0.05) is 10.5 Å². The Morgan fingerprint density at radius 3 is 2.71 bits per heavy atom. The van der Waals surface area contributed by atoms with Crippen molar-refractivity contribution in [2.45, 2.75) is 25.5 Å². The van der Waals surface area contributed by atoms with Gasteiger partial charge < -0.3 is 15.0 Å². The maximum absolute atomic E-state index is 12.4. The Hall–Kier alpha value is -1.21. The molecule has 1 aromatic carbocycles. The number of ether oxygens (including phenoxy) is 1. The molecule has 21 heavy (non-hydrogen) atoms. The van der Waals surface area contributed by atoms with Gasteiger partial charge in [-0.2, -0.15) is 8.78 Å². The molecular weight excluding hydrogens is 346 g/mol. The van der Waals surface area contributed by atoms with Crippen LogP contribution in [0.15, 0.2) is 22.7 Å². The fourth-order valence-corrected chi connectivity index (χ4v) is 2.66. The zero-order valence-electron chi connectivity index (χ0n) is 11.6. The van der Waals surface area contributed by atoms with Crippen LogP contribution < -0.4 is 10.1 Å². The van der Waals surface area contributed by atoms with Crippen LogP contribution in [0.2, 0.25) is 0 Å². The molecule has 1 aliphatic heterocycles. The lowest BCUT2D eigenvalue weighted by Crippen LogP contribution is -2.43. The molecule has 2 rings (SSSR count). The summed E-state index contributed by atoms with van der Waals surface area (Å²) in [6.45, 7) is -1.14. The van der Waals surface area contributed by atoms with Gasteiger partial charge in [-0.1, -0.05) is 15.9 Å². The summed E-state index contributed by atoms with van der Waals surface area (Å²) in [5, 5.41) is 2.89. The summed E-state index contributed by atoms with van der Waals surface area (Å²) < 4.78 is 29.8.